The molecule has 0 aliphatic carbocycles. The van der Waals surface area contributed by atoms with Crippen molar-refractivity contribution < 1.29 is 23.5 Å². The molecule has 2 aromatic carbocycles. The van der Waals surface area contributed by atoms with E-state index in [9.17, 15) is 18.8 Å². The van der Waals surface area contributed by atoms with Crippen LogP contribution >= 0.6 is 11.6 Å². The molecule has 1 aliphatic heterocycles. The number of halogens is 2. The van der Waals surface area contributed by atoms with Crippen LogP contribution in [-0.2, 0) is 19.1 Å². The van der Waals surface area contributed by atoms with Gasteiger partial charge in [-0.25, -0.2) is 4.39 Å². The summed E-state index contributed by atoms with van der Waals surface area (Å²) in [6.07, 6.45) is 0.0431. The lowest BCUT2D eigenvalue weighted by Crippen LogP contribution is -2.30. The lowest BCUT2D eigenvalue weighted by molar-refractivity contribution is -0.151. The molecule has 0 unspecified atom stereocenters. The molecule has 2 atom stereocenters. The van der Waals surface area contributed by atoms with Crippen molar-refractivity contribution in [2.45, 2.75) is 19.4 Å². The Labute approximate surface area is 172 Å². The molecule has 1 aliphatic rings. The maximum absolute atomic E-state index is 13.0. The summed E-state index contributed by atoms with van der Waals surface area (Å²) in [7, 11) is 0. The predicted molar refractivity (Wildman–Crippen MR) is 106 cm³/mol. The quantitative estimate of drug-likeness (QED) is 0.728. The Balaban J connectivity index is 1.52. The summed E-state index contributed by atoms with van der Waals surface area (Å²) >= 11 is 5.85. The number of nitrogens with zero attached hydrogens (tertiary/aromatic N) is 1. The number of carbonyl (C=O) groups excluding carboxylic acids is 3. The molecule has 0 aromatic heterocycles. The van der Waals surface area contributed by atoms with Crippen LogP contribution in [0.1, 0.15) is 24.9 Å². The highest BCUT2D eigenvalue weighted by Gasteiger charge is 2.38. The van der Waals surface area contributed by atoms with Crippen LogP contribution in [0.2, 0.25) is 5.02 Å². The predicted octanol–water partition coefficient (Wildman–Crippen LogP) is 3.57. The van der Waals surface area contributed by atoms with Gasteiger partial charge in [-0.3, -0.25) is 14.4 Å². The summed E-state index contributed by atoms with van der Waals surface area (Å²) in [5.41, 5.74) is 1.19. The average molecular weight is 419 g/mol. The van der Waals surface area contributed by atoms with Crippen LogP contribution < -0.4 is 5.32 Å². The number of amides is 2. The fourth-order valence-corrected chi connectivity index (χ4v) is 3.42. The number of hydrogen-bond acceptors (Lipinski definition) is 4. The van der Waals surface area contributed by atoms with Gasteiger partial charge in [-0.1, -0.05) is 41.9 Å². The minimum atomic E-state index is -0.629. The smallest absolute Gasteiger partial charge is 0.311 e. The molecule has 6 nitrogen and oxygen atoms in total. The molecule has 8 heteroatoms. The first kappa shape index (κ1) is 20.8. The second-order valence-electron chi connectivity index (χ2n) is 6.81. The molecule has 0 saturated carbocycles. The maximum Gasteiger partial charge on any atom is 0.311 e. The van der Waals surface area contributed by atoms with Crippen LogP contribution in [0.5, 0.6) is 0 Å². The highest BCUT2D eigenvalue weighted by molar-refractivity contribution is 6.33. The molecule has 152 valence electrons. The molecular formula is C21H20ClFN2O4. The Bertz CT molecular complexity index is 922. The van der Waals surface area contributed by atoms with Crippen LogP contribution in [0.3, 0.4) is 0 Å². The number of carbonyl (C=O) groups is 3. The van der Waals surface area contributed by atoms with Gasteiger partial charge in [0.25, 0.3) is 5.91 Å². The fraction of sp³-hybridized carbons (Fsp3) is 0.286. The molecule has 0 bridgehead atoms. The first-order valence-corrected chi connectivity index (χ1v) is 9.49. The van der Waals surface area contributed by atoms with E-state index in [0.29, 0.717) is 0 Å². The summed E-state index contributed by atoms with van der Waals surface area (Å²) in [6.45, 7) is 1.62. The van der Waals surface area contributed by atoms with Gasteiger partial charge >= 0.3 is 5.97 Å². The van der Waals surface area contributed by atoms with Gasteiger partial charge in [-0.05, 0) is 30.7 Å². The second-order valence-corrected chi connectivity index (χ2v) is 7.22. The highest BCUT2D eigenvalue weighted by Crippen LogP contribution is 2.29. The zero-order chi connectivity index (χ0) is 21.0. The first-order chi connectivity index (χ1) is 13.8. The highest BCUT2D eigenvalue weighted by atomic mass is 35.5. The number of hydrogen-bond donors (Lipinski definition) is 1. The van der Waals surface area contributed by atoms with Crippen molar-refractivity contribution in [1.82, 2.24) is 4.90 Å². The lowest BCUT2D eigenvalue weighted by Gasteiger charge is -2.25. The molecular weight excluding hydrogens is 399 g/mol. The summed E-state index contributed by atoms with van der Waals surface area (Å²) in [4.78, 5) is 38.3. The van der Waals surface area contributed by atoms with Crippen molar-refractivity contribution >= 4 is 35.1 Å². The Morgan fingerprint density at radius 3 is 2.69 bits per heavy atom. The molecule has 0 radical (unpaired) electrons. The summed E-state index contributed by atoms with van der Waals surface area (Å²) in [6, 6.07) is 12.9. The lowest BCUT2D eigenvalue weighted by atomic mass is 10.1. The summed E-state index contributed by atoms with van der Waals surface area (Å²) < 4.78 is 18.1. The molecule has 0 spiro atoms. The molecule has 2 aromatic rings. The Morgan fingerprint density at radius 2 is 2.00 bits per heavy atom. The van der Waals surface area contributed by atoms with Gasteiger partial charge in [0.1, 0.15) is 5.82 Å². The monoisotopic (exact) mass is 418 g/mol. The van der Waals surface area contributed by atoms with Crippen molar-refractivity contribution in [3.63, 3.8) is 0 Å². The van der Waals surface area contributed by atoms with Crippen LogP contribution in [0.15, 0.2) is 48.5 Å². The SMILES string of the molecule is C[C@@H](c1ccccc1)N1C[C@@H](C(=O)OCC(=O)Nc2ccc(F)cc2Cl)CC1=O. The second kappa shape index (κ2) is 9.05. The fourth-order valence-electron chi connectivity index (χ4n) is 3.21. The van der Waals surface area contributed by atoms with Crippen molar-refractivity contribution in [3.8, 4) is 0 Å². The molecule has 29 heavy (non-hydrogen) atoms. The van der Waals surface area contributed by atoms with Crippen molar-refractivity contribution in [3.05, 3.63) is 64.9 Å². The van der Waals surface area contributed by atoms with Crippen molar-refractivity contribution in [1.29, 1.82) is 0 Å². The Hall–Kier alpha value is -2.93. The van der Waals surface area contributed by atoms with E-state index in [1.807, 2.05) is 37.3 Å². The van der Waals surface area contributed by atoms with Gasteiger partial charge in [-0.15, -0.1) is 0 Å². The van der Waals surface area contributed by atoms with Gasteiger partial charge in [0, 0.05) is 13.0 Å². The van der Waals surface area contributed by atoms with Gasteiger partial charge in [0.15, 0.2) is 6.61 Å². The van der Waals surface area contributed by atoms with Gasteiger partial charge in [-0.2, -0.15) is 0 Å². The van der Waals surface area contributed by atoms with Crippen molar-refractivity contribution in [2.24, 2.45) is 5.92 Å². The summed E-state index contributed by atoms with van der Waals surface area (Å²) in [5.74, 6) is -2.51. The first-order valence-electron chi connectivity index (χ1n) is 9.11. The number of ether oxygens (including phenoxy) is 1. The van der Waals surface area contributed by atoms with Gasteiger partial charge in [0.05, 0.1) is 22.7 Å². The van der Waals surface area contributed by atoms with E-state index < -0.39 is 30.2 Å². The molecule has 1 N–H and O–H groups in total. The standard InChI is InChI=1S/C21H20ClFN2O4/c1-13(14-5-3-2-4-6-14)25-11-15(9-20(25)27)21(28)29-12-19(26)24-18-8-7-16(23)10-17(18)22/h2-8,10,13,15H,9,11-12H2,1H3,(H,24,26)/t13-,15-/m0/s1. The zero-order valence-electron chi connectivity index (χ0n) is 15.7. The molecule has 1 saturated heterocycles. The van der Waals surface area contributed by atoms with Crippen LogP contribution in [0.25, 0.3) is 0 Å². The zero-order valence-corrected chi connectivity index (χ0v) is 16.5. The van der Waals surface area contributed by atoms with Crippen LogP contribution in [0, 0.1) is 11.7 Å². The topological polar surface area (TPSA) is 75.7 Å². The van der Waals surface area contributed by atoms with E-state index in [4.69, 9.17) is 16.3 Å². The minimum Gasteiger partial charge on any atom is -0.455 e. The number of likely N-dealkylation sites (tertiary alicyclic amines) is 1. The largest absolute Gasteiger partial charge is 0.455 e. The third-order valence-electron chi connectivity index (χ3n) is 4.79. The Morgan fingerprint density at radius 1 is 1.28 bits per heavy atom. The molecule has 1 fully saturated rings. The van der Waals surface area contributed by atoms with E-state index in [-0.39, 0.29) is 35.6 Å². The molecule has 3 rings (SSSR count). The van der Waals surface area contributed by atoms with Crippen LogP contribution in [0.4, 0.5) is 10.1 Å². The molecule has 1 heterocycles. The summed E-state index contributed by atoms with van der Waals surface area (Å²) in [5, 5.41) is 2.49. The number of anilines is 1. The van der Waals surface area contributed by atoms with E-state index in [0.717, 1.165) is 17.7 Å². The van der Waals surface area contributed by atoms with E-state index in [1.54, 1.807) is 4.90 Å². The van der Waals surface area contributed by atoms with E-state index in [1.165, 1.54) is 6.07 Å². The van der Waals surface area contributed by atoms with Crippen LogP contribution in [-0.4, -0.2) is 35.8 Å². The third-order valence-corrected chi connectivity index (χ3v) is 5.10. The number of esters is 1. The number of benzene rings is 2. The number of nitrogens with one attached hydrogen (secondary N) is 1. The maximum atomic E-state index is 13.0. The van der Waals surface area contributed by atoms with Gasteiger partial charge in [0.2, 0.25) is 5.91 Å². The number of rotatable bonds is 6. The van der Waals surface area contributed by atoms with Crippen molar-refractivity contribution in [2.75, 3.05) is 18.5 Å². The van der Waals surface area contributed by atoms with Gasteiger partial charge < -0.3 is 15.0 Å². The Kier molecular flexibility index (Phi) is 6.49. The third kappa shape index (κ3) is 5.12. The van der Waals surface area contributed by atoms with E-state index >= 15 is 0 Å². The minimum absolute atomic E-state index is 0.0385. The normalized spacial score (nSPS) is 17.1. The molecule has 2 amide bonds. The van der Waals surface area contributed by atoms with E-state index in [2.05, 4.69) is 5.32 Å². The average Bonchev–Trinajstić information content (AvgIpc) is 3.10.